The number of anilines is 2. The summed E-state index contributed by atoms with van der Waals surface area (Å²) in [5.41, 5.74) is 3.77. The Morgan fingerprint density at radius 3 is 2.17 bits per heavy atom. The molecule has 2 amide bonds. The van der Waals surface area contributed by atoms with Gasteiger partial charge in [0.2, 0.25) is 0 Å². The molecule has 0 radical (unpaired) electrons. The van der Waals surface area contributed by atoms with Crippen molar-refractivity contribution >= 4 is 52.5 Å². The van der Waals surface area contributed by atoms with Crippen LogP contribution in [-0.4, -0.2) is 30.4 Å². The van der Waals surface area contributed by atoms with Gasteiger partial charge in [0.25, 0.3) is 0 Å². The number of benzene rings is 3. The van der Waals surface area contributed by atoms with Crippen LogP contribution in [0.5, 0.6) is 0 Å². The predicted molar refractivity (Wildman–Crippen MR) is 183 cm³/mol. The maximum Gasteiger partial charge on any atom is 0.412 e. The lowest BCUT2D eigenvalue weighted by Gasteiger charge is -2.21. The first-order valence-corrected chi connectivity index (χ1v) is 16.3. The normalized spacial score (nSPS) is 14.1. The summed E-state index contributed by atoms with van der Waals surface area (Å²) in [7, 11) is 0. The van der Waals surface area contributed by atoms with Crippen LogP contribution in [0.15, 0.2) is 78.9 Å². The minimum Gasteiger partial charge on any atom is -0.465 e. The number of hydrogen-bond donors (Lipinski definition) is 2. The monoisotopic (exact) mass is 660 g/mol. The van der Waals surface area contributed by atoms with Crippen LogP contribution in [0.4, 0.5) is 21.0 Å². The average Bonchev–Trinajstić information content (AvgIpc) is 3.74. The first kappa shape index (κ1) is 33.0. The van der Waals surface area contributed by atoms with E-state index in [1.807, 2.05) is 72.8 Å². The Balaban J connectivity index is 1.44. The second-order valence-electron chi connectivity index (χ2n) is 12.1. The molecule has 8 nitrogen and oxygen atoms in total. The summed E-state index contributed by atoms with van der Waals surface area (Å²) >= 11 is 7.72. The van der Waals surface area contributed by atoms with Gasteiger partial charge in [-0.1, -0.05) is 78.3 Å². The maximum absolute atomic E-state index is 12.9. The van der Waals surface area contributed by atoms with E-state index in [1.165, 1.54) is 11.3 Å². The van der Waals surface area contributed by atoms with Crippen LogP contribution >= 0.6 is 22.9 Å². The Kier molecular flexibility index (Phi) is 9.74. The average molecular weight is 661 g/mol. The summed E-state index contributed by atoms with van der Waals surface area (Å²) in [5, 5.41) is 5.73. The molecule has 0 bridgehead atoms. The number of nitrogens with one attached hydrogen (secondary N) is 2. The zero-order valence-corrected chi connectivity index (χ0v) is 28.0. The molecule has 1 heterocycles. The van der Waals surface area contributed by atoms with Gasteiger partial charge in [-0.3, -0.25) is 15.4 Å². The summed E-state index contributed by atoms with van der Waals surface area (Å²) in [6.07, 6.45) is -0.177. The molecule has 46 heavy (non-hydrogen) atoms. The molecule has 1 atom stereocenters. The van der Waals surface area contributed by atoms with Gasteiger partial charge in [0, 0.05) is 5.56 Å². The SMILES string of the molecule is CCOC(=O)C1(c2ccc(-c3ccc(-c4sc(Cl)cc4NC(=O)OC(C)c4ccccc4)cc3NC(=O)OC(C)(C)C)cc2)CC1. The fraction of sp³-hybridized carbons (Fsp3) is 0.306. The third kappa shape index (κ3) is 7.71. The smallest absolute Gasteiger partial charge is 0.412 e. The number of carbonyl (C=O) groups excluding carboxylic acids is 3. The molecule has 10 heteroatoms. The van der Waals surface area contributed by atoms with E-state index in [-0.39, 0.29) is 5.97 Å². The molecule has 1 aromatic heterocycles. The molecule has 1 unspecified atom stereocenters. The first-order valence-electron chi connectivity index (χ1n) is 15.1. The minimum absolute atomic E-state index is 0.197. The van der Waals surface area contributed by atoms with E-state index in [4.69, 9.17) is 25.8 Å². The van der Waals surface area contributed by atoms with Crippen LogP contribution in [0, 0.1) is 0 Å². The largest absolute Gasteiger partial charge is 0.465 e. The Morgan fingerprint density at radius 2 is 1.54 bits per heavy atom. The fourth-order valence-electron chi connectivity index (χ4n) is 5.19. The number of rotatable bonds is 9. The fourth-order valence-corrected chi connectivity index (χ4v) is 6.37. The number of carbonyl (C=O) groups is 3. The molecule has 240 valence electrons. The highest BCUT2D eigenvalue weighted by molar-refractivity contribution is 7.20. The minimum atomic E-state index is -0.704. The molecule has 0 aliphatic heterocycles. The van der Waals surface area contributed by atoms with Crippen LogP contribution in [0.1, 0.15) is 64.7 Å². The van der Waals surface area contributed by atoms with Crippen molar-refractivity contribution in [1.82, 2.24) is 0 Å². The molecule has 1 aliphatic rings. The third-order valence-corrected chi connectivity index (χ3v) is 8.89. The van der Waals surface area contributed by atoms with Gasteiger partial charge in [-0.2, -0.15) is 0 Å². The van der Waals surface area contributed by atoms with Crippen LogP contribution < -0.4 is 10.6 Å². The van der Waals surface area contributed by atoms with Gasteiger partial charge < -0.3 is 14.2 Å². The second kappa shape index (κ2) is 13.6. The summed E-state index contributed by atoms with van der Waals surface area (Å²) in [6.45, 7) is 9.33. The van der Waals surface area contributed by atoms with E-state index < -0.39 is 29.3 Å². The Morgan fingerprint density at radius 1 is 0.891 bits per heavy atom. The van der Waals surface area contributed by atoms with Gasteiger partial charge in [-0.25, -0.2) is 9.59 Å². The number of thiophene rings is 1. The Bertz CT molecular complexity index is 1730. The van der Waals surface area contributed by atoms with Gasteiger partial charge in [-0.05, 0) is 81.8 Å². The third-order valence-electron chi connectivity index (χ3n) is 7.57. The van der Waals surface area contributed by atoms with Crippen LogP contribution in [0.25, 0.3) is 21.6 Å². The number of ether oxygens (including phenoxy) is 3. The lowest BCUT2D eigenvalue weighted by molar-refractivity contribution is -0.146. The zero-order valence-electron chi connectivity index (χ0n) is 26.4. The zero-order chi connectivity index (χ0) is 33.1. The Hall–Kier alpha value is -4.34. The number of hydrogen-bond acceptors (Lipinski definition) is 7. The van der Waals surface area contributed by atoms with Gasteiger partial charge in [-0.15, -0.1) is 11.3 Å². The highest BCUT2D eigenvalue weighted by Crippen LogP contribution is 2.50. The van der Waals surface area contributed by atoms with Crippen molar-refractivity contribution in [2.75, 3.05) is 17.2 Å². The molecule has 5 rings (SSSR count). The van der Waals surface area contributed by atoms with E-state index in [0.717, 1.165) is 35.1 Å². The van der Waals surface area contributed by atoms with E-state index in [2.05, 4.69) is 10.6 Å². The van der Waals surface area contributed by atoms with Crippen LogP contribution in [0.2, 0.25) is 4.34 Å². The quantitative estimate of drug-likeness (QED) is 0.137. The molecule has 1 aliphatic carbocycles. The molecule has 2 N–H and O–H groups in total. The van der Waals surface area contributed by atoms with Gasteiger partial charge >= 0.3 is 18.2 Å². The van der Waals surface area contributed by atoms with Crippen LogP contribution in [-0.2, 0) is 24.4 Å². The molecule has 4 aromatic rings. The van der Waals surface area contributed by atoms with Gasteiger partial charge in [0.05, 0.1) is 32.6 Å². The van der Waals surface area contributed by atoms with Crippen molar-refractivity contribution in [1.29, 1.82) is 0 Å². The number of halogens is 1. The lowest BCUT2D eigenvalue weighted by Crippen LogP contribution is -2.27. The summed E-state index contributed by atoms with van der Waals surface area (Å²) < 4.78 is 17.0. The van der Waals surface area contributed by atoms with E-state index in [1.54, 1.807) is 40.7 Å². The van der Waals surface area contributed by atoms with Crippen LogP contribution in [0.3, 0.4) is 0 Å². The first-order chi connectivity index (χ1) is 21.9. The molecule has 1 fully saturated rings. The van der Waals surface area contributed by atoms with Crippen molar-refractivity contribution in [2.45, 2.75) is 64.6 Å². The summed E-state index contributed by atoms with van der Waals surface area (Å²) in [5.74, 6) is -0.197. The Labute approximate surface area is 278 Å². The second-order valence-corrected chi connectivity index (χ2v) is 13.8. The highest BCUT2D eigenvalue weighted by atomic mass is 35.5. The van der Waals surface area contributed by atoms with Crippen molar-refractivity contribution in [3.63, 3.8) is 0 Å². The standard InChI is InChI=1S/C36H37ClN2O6S/c1-6-43-32(40)36(18-19-36)26-15-12-24(13-16-26)27-17-14-25(20-28(27)38-34(42)45-35(3,4)5)31-29(21-30(37)46-31)39-33(41)44-22(2)23-10-8-7-9-11-23/h7-17,20-22H,6,18-19H2,1-5H3,(H,38,42)(H,39,41). The van der Waals surface area contributed by atoms with E-state index in [0.29, 0.717) is 32.8 Å². The van der Waals surface area contributed by atoms with Gasteiger partial charge in [0.1, 0.15) is 11.7 Å². The molecule has 0 spiro atoms. The van der Waals surface area contributed by atoms with Crippen molar-refractivity contribution in [3.8, 4) is 21.6 Å². The molecule has 1 saturated carbocycles. The molecular weight excluding hydrogens is 624 g/mol. The topological polar surface area (TPSA) is 103 Å². The summed E-state index contributed by atoms with van der Waals surface area (Å²) in [6, 6.07) is 24.5. The predicted octanol–water partition coefficient (Wildman–Crippen LogP) is 9.99. The van der Waals surface area contributed by atoms with Crippen molar-refractivity contribution in [2.24, 2.45) is 0 Å². The molecule has 3 aromatic carbocycles. The lowest BCUT2D eigenvalue weighted by atomic mass is 9.93. The van der Waals surface area contributed by atoms with Crippen molar-refractivity contribution in [3.05, 3.63) is 94.3 Å². The summed E-state index contributed by atoms with van der Waals surface area (Å²) in [4.78, 5) is 39.1. The van der Waals surface area contributed by atoms with Crippen molar-refractivity contribution < 1.29 is 28.6 Å². The highest BCUT2D eigenvalue weighted by Gasteiger charge is 2.52. The number of amides is 2. The molecule has 0 saturated heterocycles. The molecular formula is C36H37ClN2O6S. The number of esters is 1. The van der Waals surface area contributed by atoms with Gasteiger partial charge in [0.15, 0.2) is 0 Å². The maximum atomic E-state index is 12.9. The van der Waals surface area contributed by atoms with E-state index >= 15 is 0 Å². The van der Waals surface area contributed by atoms with E-state index in [9.17, 15) is 14.4 Å².